The van der Waals surface area contributed by atoms with E-state index in [1.54, 1.807) is 43.3 Å². The van der Waals surface area contributed by atoms with E-state index in [0.717, 1.165) is 47.5 Å². The Morgan fingerprint density at radius 2 is 1.56 bits per heavy atom. The molecule has 10 heteroatoms. The number of carbonyl (C=O) groups is 2. The van der Waals surface area contributed by atoms with Crippen molar-refractivity contribution in [3.05, 3.63) is 93.0 Å². The first-order valence-corrected chi connectivity index (χ1v) is 16.8. The van der Waals surface area contributed by atoms with Crippen molar-refractivity contribution in [3.8, 4) is 0 Å². The molecule has 1 aliphatic carbocycles. The molecule has 1 atom stereocenters. The van der Waals surface area contributed by atoms with Crippen LogP contribution in [0.25, 0.3) is 0 Å². The van der Waals surface area contributed by atoms with Gasteiger partial charge in [0.2, 0.25) is 11.8 Å². The lowest BCUT2D eigenvalue weighted by molar-refractivity contribution is -0.139. The summed E-state index contributed by atoms with van der Waals surface area (Å²) in [6.07, 6.45) is 5.02. The molecule has 2 amide bonds. The van der Waals surface area contributed by atoms with E-state index in [1.165, 1.54) is 17.0 Å². The van der Waals surface area contributed by atoms with Gasteiger partial charge in [-0.05, 0) is 82.0 Å². The number of rotatable bonds is 10. The average molecular weight is 645 g/mol. The molecule has 1 N–H and O–H groups in total. The maximum atomic E-state index is 14.2. The van der Waals surface area contributed by atoms with E-state index >= 15 is 0 Å². The Morgan fingerprint density at radius 1 is 0.907 bits per heavy atom. The Bertz CT molecular complexity index is 1570. The molecule has 0 unspecified atom stereocenters. The van der Waals surface area contributed by atoms with Crippen molar-refractivity contribution < 1.29 is 18.0 Å². The number of aryl methyl sites for hydroxylation is 3. The molecule has 230 valence electrons. The predicted molar refractivity (Wildman–Crippen MR) is 173 cm³/mol. The van der Waals surface area contributed by atoms with Crippen LogP contribution in [0, 0.1) is 20.8 Å². The van der Waals surface area contributed by atoms with E-state index in [-0.39, 0.29) is 23.4 Å². The summed E-state index contributed by atoms with van der Waals surface area (Å²) in [6, 6.07) is 16.1. The van der Waals surface area contributed by atoms with Gasteiger partial charge < -0.3 is 10.2 Å². The van der Waals surface area contributed by atoms with Gasteiger partial charge in [0.05, 0.1) is 10.6 Å². The normalized spacial score (nSPS) is 14.7. The molecule has 1 fully saturated rings. The minimum atomic E-state index is -4.15. The van der Waals surface area contributed by atoms with Gasteiger partial charge in [-0.25, -0.2) is 8.42 Å². The number of halogens is 2. The highest BCUT2D eigenvalue weighted by Crippen LogP contribution is 2.29. The van der Waals surface area contributed by atoms with Crippen molar-refractivity contribution in [1.82, 2.24) is 10.2 Å². The third-order valence-electron chi connectivity index (χ3n) is 7.98. The van der Waals surface area contributed by atoms with E-state index in [0.29, 0.717) is 26.9 Å². The molecule has 0 radical (unpaired) electrons. The standard InChI is InChI=1S/C33H39Cl2N3O4S/c1-22-10-15-29(16-11-22)43(41,42)38(31-17-12-23(2)18-24(31)3)21-32(39)37(20-26-13-14-27(34)19-30(26)35)25(4)33(40)36-28-8-6-5-7-9-28/h10-19,25,28H,5-9,20-21H2,1-4H3,(H,36,40)/t25-/m1/s1. The van der Waals surface area contributed by atoms with Crippen LogP contribution >= 0.6 is 23.2 Å². The van der Waals surface area contributed by atoms with Crippen molar-refractivity contribution in [1.29, 1.82) is 0 Å². The van der Waals surface area contributed by atoms with E-state index in [9.17, 15) is 18.0 Å². The third kappa shape index (κ3) is 8.11. The van der Waals surface area contributed by atoms with Crippen LogP contribution in [-0.4, -0.2) is 43.8 Å². The van der Waals surface area contributed by atoms with Gasteiger partial charge in [0, 0.05) is 22.6 Å². The molecule has 3 aromatic carbocycles. The monoisotopic (exact) mass is 643 g/mol. The van der Waals surface area contributed by atoms with Gasteiger partial charge in [-0.3, -0.25) is 13.9 Å². The lowest BCUT2D eigenvalue weighted by Gasteiger charge is -2.33. The number of nitrogens with zero attached hydrogens (tertiary/aromatic N) is 2. The molecule has 0 aliphatic heterocycles. The van der Waals surface area contributed by atoms with E-state index in [1.807, 2.05) is 32.9 Å². The van der Waals surface area contributed by atoms with Crippen LogP contribution in [0.3, 0.4) is 0 Å². The van der Waals surface area contributed by atoms with Crippen LogP contribution in [0.15, 0.2) is 65.6 Å². The quantitative estimate of drug-likeness (QED) is 0.258. The van der Waals surface area contributed by atoms with Crippen LogP contribution in [-0.2, 0) is 26.2 Å². The number of nitrogens with one attached hydrogen (secondary N) is 1. The second-order valence-electron chi connectivity index (χ2n) is 11.4. The molecule has 1 aliphatic rings. The molecule has 0 spiro atoms. The van der Waals surface area contributed by atoms with E-state index in [2.05, 4.69) is 5.32 Å². The van der Waals surface area contributed by atoms with Gasteiger partial charge in [-0.2, -0.15) is 0 Å². The Labute approximate surface area is 265 Å². The van der Waals surface area contributed by atoms with Crippen LogP contribution in [0.5, 0.6) is 0 Å². The molecule has 0 bridgehead atoms. The number of amides is 2. The molecule has 0 saturated heterocycles. The summed E-state index contributed by atoms with van der Waals surface area (Å²) in [4.78, 5) is 29.2. The fraction of sp³-hybridized carbons (Fsp3) is 0.394. The predicted octanol–water partition coefficient (Wildman–Crippen LogP) is 6.98. The van der Waals surface area contributed by atoms with Crippen molar-refractivity contribution in [2.24, 2.45) is 0 Å². The minimum absolute atomic E-state index is 0.000607. The maximum Gasteiger partial charge on any atom is 0.264 e. The minimum Gasteiger partial charge on any atom is -0.352 e. The molecule has 7 nitrogen and oxygen atoms in total. The topological polar surface area (TPSA) is 86.8 Å². The molecule has 43 heavy (non-hydrogen) atoms. The van der Waals surface area contributed by atoms with Crippen molar-refractivity contribution in [2.75, 3.05) is 10.8 Å². The van der Waals surface area contributed by atoms with Crippen molar-refractivity contribution in [3.63, 3.8) is 0 Å². The Kier molecular flexibility index (Phi) is 10.8. The Morgan fingerprint density at radius 3 is 2.19 bits per heavy atom. The summed E-state index contributed by atoms with van der Waals surface area (Å²) >= 11 is 12.6. The fourth-order valence-electron chi connectivity index (χ4n) is 5.42. The number of hydrogen-bond donors (Lipinski definition) is 1. The first-order chi connectivity index (χ1) is 20.4. The number of hydrogen-bond acceptors (Lipinski definition) is 4. The zero-order valence-corrected chi connectivity index (χ0v) is 27.4. The number of anilines is 1. The molecule has 1 saturated carbocycles. The Hall–Kier alpha value is -3.07. The van der Waals surface area contributed by atoms with E-state index in [4.69, 9.17) is 23.2 Å². The molecule has 0 heterocycles. The SMILES string of the molecule is Cc1ccc(S(=O)(=O)N(CC(=O)N(Cc2ccc(Cl)cc2Cl)[C@H](C)C(=O)NC2CCCCC2)c2ccc(C)cc2C)cc1. The third-order valence-corrected chi connectivity index (χ3v) is 10.3. The van der Waals surface area contributed by atoms with Gasteiger partial charge >= 0.3 is 0 Å². The molecular weight excluding hydrogens is 605 g/mol. The summed E-state index contributed by atoms with van der Waals surface area (Å²) in [6.45, 7) is 6.77. The number of carbonyl (C=O) groups excluding carboxylic acids is 2. The molecule has 4 rings (SSSR count). The van der Waals surface area contributed by atoms with Crippen LogP contribution in [0.1, 0.15) is 61.3 Å². The summed E-state index contributed by atoms with van der Waals surface area (Å²) in [7, 11) is -4.15. The number of sulfonamides is 1. The summed E-state index contributed by atoms with van der Waals surface area (Å²) < 4.78 is 29.3. The van der Waals surface area contributed by atoms with E-state index < -0.39 is 28.5 Å². The van der Waals surface area contributed by atoms with Gasteiger partial charge in [0.15, 0.2) is 0 Å². The molecule has 3 aromatic rings. The maximum absolute atomic E-state index is 14.2. The van der Waals surface area contributed by atoms with Crippen LogP contribution < -0.4 is 9.62 Å². The second kappa shape index (κ2) is 14.1. The smallest absolute Gasteiger partial charge is 0.264 e. The first kappa shape index (κ1) is 32.8. The fourth-order valence-corrected chi connectivity index (χ4v) is 7.37. The highest BCUT2D eigenvalue weighted by molar-refractivity contribution is 7.92. The van der Waals surface area contributed by atoms with Crippen LogP contribution in [0.2, 0.25) is 10.0 Å². The average Bonchev–Trinajstić information content (AvgIpc) is 2.96. The highest BCUT2D eigenvalue weighted by atomic mass is 35.5. The zero-order valence-electron chi connectivity index (χ0n) is 25.1. The van der Waals surface area contributed by atoms with Crippen LogP contribution in [0.4, 0.5) is 5.69 Å². The van der Waals surface area contributed by atoms with Crippen molar-refractivity contribution in [2.45, 2.75) is 83.3 Å². The van der Waals surface area contributed by atoms with Gasteiger partial charge in [0.1, 0.15) is 12.6 Å². The largest absolute Gasteiger partial charge is 0.352 e. The van der Waals surface area contributed by atoms with Crippen molar-refractivity contribution >= 4 is 50.7 Å². The molecule has 0 aromatic heterocycles. The lowest BCUT2D eigenvalue weighted by Crippen LogP contribution is -2.53. The second-order valence-corrected chi connectivity index (χ2v) is 14.1. The Balaban J connectivity index is 1.72. The van der Waals surface area contributed by atoms with Gasteiger partial charge in [-0.15, -0.1) is 0 Å². The first-order valence-electron chi connectivity index (χ1n) is 14.6. The summed E-state index contributed by atoms with van der Waals surface area (Å²) in [5, 5.41) is 3.90. The summed E-state index contributed by atoms with van der Waals surface area (Å²) in [5.74, 6) is -0.822. The highest BCUT2D eigenvalue weighted by Gasteiger charge is 2.34. The van der Waals surface area contributed by atoms with Gasteiger partial charge in [-0.1, -0.05) is 83.9 Å². The zero-order chi connectivity index (χ0) is 31.3. The lowest BCUT2D eigenvalue weighted by atomic mass is 9.95. The number of benzene rings is 3. The molecular formula is C33H39Cl2N3O4S. The summed E-state index contributed by atoms with van der Waals surface area (Å²) in [5.41, 5.74) is 3.57. The van der Waals surface area contributed by atoms with Gasteiger partial charge in [0.25, 0.3) is 10.0 Å².